The van der Waals surface area contributed by atoms with Crippen molar-refractivity contribution in [2.24, 2.45) is 0 Å². The number of carbonyl (C=O) groups excluding carboxylic acids is 1. The molecule has 0 saturated carbocycles. The molecule has 3 aromatic rings. The molecule has 0 spiro atoms. The van der Waals surface area contributed by atoms with Gasteiger partial charge in [-0.15, -0.1) is 5.10 Å². The third-order valence-electron chi connectivity index (χ3n) is 4.90. The lowest BCUT2D eigenvalue weighted by atomic mass is 10.0. The molecule has 3 heterocycles. The molecule has 9 heteroatoms. The Bertz CT molecular complexity index is 1140. The number of aryl methyl sites for hydroxylation is 1. The summed E-state index contributed by atoms with van der Waals surface area (Å²) in [7, 11) is 1.58. The van der Waals surface area contributed by atoms with E-state index < -0.39 is 5.60 Å². The molecule has 158 valence electrons. The minimum Gasteiger partial charge on any atom is -0.494 e. The van der Waals surface area contributed by atoms with E-state index in [1.807, 2.05) is 32.9 Å². The molecule has 0 saturated heterocycles. The lowest BCUT2D eigenvalue weighted by Crippen LogP contribution is -2.39. The molecule has 1 aliphatic rings. The fraction of sp³-hybridized carbons (Fsp3) is 0.381. The number of pyridine rings is 1. The third-order valence-corrected chi connectivity index (χ3v) is 5.11. The zero-order valence-electron chi connectivity index (χ0n) is 17.4. The second-order valence-corrected chi connectivity index (χ2v) is 8.60. The second-order valence-electron chi connectivity index (χ2n) is 8.21. The van der Waals surface area contributed by atoms with Crippen LogP contribution in [0.25, 0.3) is 16.6 Å². The maximum Gasteiger partial charge on any atom is 0.414 e. The molecule has 4 rings (SSSR count). The molecule has 30 heavy (non-hydrogen) atoms. The first-order chi connectivity index (χ1) is 14.2. The zero-order chi connectivity index (χ0) is 21.6. The fourth-order valence-corrected chi connectivity index (χ4v) is 3.78. The van der Waals surface area contributed by atoms with Crippen LogP contribution in [0.4, 0.5) is 16.3 Å². The smallest absolute Gasteiger partial charge is 0.414 e. The summed E-state index contributed by atoms with van der Waals surface area (Å²) in [6.45, 7) is 6.15. The number of hydrogen-bond donors (Lipinski definition) is 1. The predicted octanol–water partition coefficient (Wildman–Crippen LogP) is 4.35. The molecule has 2 aromatic heterocycles. The molecule has 0 fully saturated rings. The Morgan fingerprint density at radius 3 is 2.70 bits per heavy atom. The van der Waals surface area contributed by atoms with Crippen molar-refractivity contribution in [3.05, 3.63) is 35.1 Å². The van der Waals surface area contributed by atoms with Crippen molar-refractivity contribution < 1.29 is 14.3 Å². The number of rotatable bonds is 2. The van der Waals surface area contributed by atoms with E-state index in [9.17, 15) is 4.79 Å². The Labute approximate surface area is 179 Å². The number of nitrogen functional groups attached to an aromatic ring is 1. The summed E-state index contributed by atoms with van der Waals surface area (Å²) in [6.07, 6.45) is 2.88. The van der Waals surface area contributed by atoms with Gasteiger partial charge in [-0.25, -0.2) is 14.5 Å². The second kappa shape index (κ2) is 7.36. The van der Waals surface area contributed by atoms with Crippen LogP contribution in [0.1, 0.15) is 32.8 Å². The molecule has 1 aliphatic heterocycles. The maximum atomic E-state index is 12.8. The highest BCUT2D eigenvalue weighted by atomic mass is 35.5. The Morgan fingerprint density at radius 2 is 2.00 bits per heavy atom. The van der Waals surface area contributed by atoms with Gasteiger partial charge >= 0.3 is 6.09 Å². The van der Waals surface area contributed by atoms with E-state index in [0.717, 1.165) is 29.6 Å². The number of halogens is 1. The van der Waals surface area contributed by atoms with Crippen molar-refractivity contribution in [1.29, 1.82) is 0 Å². The van der Waals surface area contributed by atoms with Crippen LogP contribution in [0, 0.1) is 0 Å². The minimum absolute atomic E-state index is 0.344. The van der Waals surface area contributed by atoms with E-state index in [1.54, 1.807) is 29.0 Å². The van der Waals surface area contributed by atoms with Crippen molar-refractivity contribution in [2.75, 3.05) is 24.3 Å². The summed E-state index contributed by atoms with van der Waals surface area (Å²) in [5.41, 5.74) is 8.74. The number of amides is 1. The molecule has 1 aromatic carbocycles. The number of nitrogens with zero attached hydrogens (tertiary/aromatic N) is 4. The Balaban J connectivity index is 1.84. The molecule has 0 unspecified atom stereocenters. The molecular weight excluding hydrogens is 406 g/mol. The van der Waals surface area contributed by atoms with Gasteiger partial charge in [-0.3, -0.25) is 4.90 Å². The molecule has 0 bridgehead atoms. The van der Waals surface area contributed by atoms with Crippen molar-refractivity contribution in [3.8, 4) is 11.4 Å². The number of methoxy groups -OCH3 is 1. The van der Waals surface area contributed by atoms with E-state index in [4.69, 9.17) is 26.8 Å². The van der Waals surface area contributed by atoms with Gasteiger partial charge in [0.15, 0.2) is 5.82 Å². The monoisotopic (exact) mass is 429 g/mol. The lowest BCUT2D eigenvalue weighted by Gasteiger charge is -2.32. The van der Waals surface area contributed by atoms with Crippen LogP contribution in [-0.4, -0.2) is 40.1 Å². The Morgan fingerprint density at radius 1 is 1.23 bits per heavy atom. The van der Waals surface area contributed by atoms with E-state index in [-0.39, 0.29) is 6.09 Å². The van der Waals surface area contributed by atoms with Crippen LogP contribution < -0.4 is 15.4 Å². The van der Waals surface area contributed by atoms with Crippen LogP contribution >= 0.6 is 11.6 Å². The summed E-state index contributed by atoms with van der Waals surface area (Å²) in [6, 6.07) is 5.54. The lowest BCUT2D eigenvalue weighted by molar-refractivity contribution is 0.0578. The summed E-state index contributed by atoms with van der Waals surface area (Å²) in [5, 5.41) is 5.52. The molecule has 8 nitrogen and oxygen atoms in total. The normalized spacial score (nSPS) is 14.0. The molecule has 0 aliphatic carbocycles. The SMILES string of the molecule is COc1cc2c(cc1-n1nc(N)c3cnc(Cl)cc31)CCCN2C(=O)OC(C)(C)C. The number of benzene rings is 1. The molecule has 0 radical (unpaired) electrons. The molecule has 1 amide bonds. The molecule has 2 N–H and O–H groups in total. The largest absolute Gasteiger partial charge is 0.494 e. The number of fused-ring (bicyclic) bond motifs is 2. The highest BCUT2D eigenvalue weighted by Crippen LogP contribution is 2.38. The van der Waals surface area contributed by atoms with Gasteiger partial charge in [-0.05, 0) is 45.2 Å². The number of ether oxygens (including phenoxy) is 2. The number of hydrogen-bond acceptors (Lipinski definition) is 6. The summed E-state index contributed by atoms with van der Waals surface area (Å²) in [5.74, 6) is 0.908. The van der Waals surface area contributed by atoms with Crippen LogP contribution in [0.3, 0.4) is 0 Å². The van der Waals surface area contributed by atoms with Gasteiger partial charge < -0.3 is 15.2 Å². The van der Waals surface area contributed by atoms with E-state index in [0.29, 0.717) is 34.3 Å². The van der Waals surface area contributed by atoms with E-state index >= 15 is 0 Å². The highest BCUT2D eigenvalue weighted by Gasteiger charge is 2.29. The van der Waals surface area contributed by atoms with Gasteiger partial charge in [0.25, 0.3) is 0 Å². The zero-order valence-corrected chi connectivity index (χ0v) is 18.2. The number of aromatic nitrogens is 3. The van der Waals surface area contributed by atoms with Crippen molar-refractivity contribution in [2.45, 2.75) is 39.2 Å². The highest BCUT2D eigenvalue weighted by molar-refractivity contribution is 6.30. The van der Waals surface area contributed by atoms with Gasteiger partial charge in [0.05, 0.1) is 23.7 Å². The van der Waals surface area contributed by atoms with Gasteiger partial charge in [-0.2, -0.15) is 0 Å². The first-order valence-corrected chi connectivity index (χ1v) is 10.1. The number of anilines is 2. The van der Waals surface area contributed by atoms with Gasteiger partial charge in [-0.1, -0.05) is 11.6 Å². The quantitative estimate of drug-likeness (QED) is 0.608. The molecular formula is C21H24ClN5O3. The minimum atomic E-state index is -0.572. The van der Waals surface area contributed by atoms with Gasteiger partial charge in [0, 0.05) is 24.9 Å². The van der Waals surface area contributed by atoms with Gasteiger partial charge in [0.1, 0.15) is 22.2 Å². The van der Waals surface area contributed by atoms with Gasteiger partial charge in [0.2, 0.25) is 0 Å². The number of carbonyl (C=O) groups is 1. The number of nitrogens with two attached hydrogens (primary N) is 1. The summed E-state index contributed by atoms with van der Waals surface area (Å²) < 4.78 is 12.9. The summed E-state index contributed by atoms with van der Waals surface area (Å²) >= 11 is 6.10. The molecule has 0 atom stereocenters. The topological polar surface area (TPSA) is 95.5 Å². The summed E-state index contributed by atoms with van der Waals surface area (Å²) in [4.78, 5) is 18.5. The fourth-order valence-electron chi connectivity index (χ4n) is 3.63. The average molecular weight is 430 g/mol. The van der Waals surface area contributed by atoms with Crippen molar-refractivity contribution in [1.82, 2.24) is 14.8 Å². The van der Waals surface area contributed by atoms with Crippen LogP contribution in [0.2, 0.25) is 5.15 Å². The first-order valence-electron chi connectivity index (χ1n) is 9.69. The predicted molar refractivity (Wildman–Crippen MR) is 117 cm³/mol. The van der Waals surface area contributed by atoms with Crippen LogP contribution in [0.15, 0.2) is 24.4 Å². The Kier molecular flexibility index (Phi) is 4.97. The third kappa shape index (κ3) is 3.63. The van der Waals surface area contributed by atoms with Crippen LogP contribution in [0.5, 0.6) is 5.75 Å². The first kappa shape index (κ1) is 20.3. The van der Waals surface area contributed by atoms with E-state index in [2.05, 4.69) is 10.1 Å². The van der Waals surface area contributed by atoms with Crippen LogP contribution in [-0.2, 0) is 11.2 Å². The van der Waals surface area contributed by atoms with Crippen molar-refractivity contribution in [3.63, 3.8) is 0 Å². The van der Waals surface area contributed by atoms with E-state index in [1.165, 1.54) is 0 Å². The standard InChI is InChI=1S/C21H24ClN5O3/c1-21(2,3)30-20(28)26-7-5-6-12-8-16(17(29-4)9-14(12)26)27-15-10-18(22)24-11-13(15)19(23)25-27/h8-11H,5-7H2,1-4H3,(H2,23,25). The van der Waals surface area contributed by atoms with Crippen molar-refractivity contribution >= 4 is 40.1 Å². The average Bonchev–Trinajstić information content (AvgIpc) is 3.00. The Hall–Kier alpha value is -3.00. The maximum absolute atomic E-state index is 12.8.